The second kappa shape index (κ2) is 16.0. The van der Waals surface area contributed by atoms with Gasteiger partial charge >= 0.3 is 5.97 Å². The number of ether oxygens (including phenoxy) is 4. The highest BCUT2D eigenvalue weighted by Crippen LogP contribution is 2.80. The van der Waals surface area contributed by atoms with E-state index in [0.717, 1.165) is 30.9 Å². The summed E-state index contributed by atoms with van der Waals surface area (Å²) < 4.78 is 27.5. The second-order valence-corrected chi connectivity index (χ2v) is 26.2. The van der Waals surface area contributed by atoms with Crippen LogP contribution in [0.25, 0.3) is 10.8 Å². The summed E-state index contributed by atoms with van der Waals surface area (Å²) in [5, 5.41) is 81.6. The van der Waals surface area contributed by atoms with Gasteiger partial charge in [0.2, 0.25) is 6.29 Å². The molecule has 16 atom stereocenters. The molecule has 12 aliphatic rings. The fourth-order valence-electron chi connectivity index (χ4n) is 20.8. The molecule has 9 N–H and O–H groups in total. The molecular weight excluding hydrogens is 933 g/mol. The summed E-state index contributed by atoms with van der Waals surface area (Å²) in [6, 6.07) is 2.59. The zero-order valence-electron chi connectivity index (χ0n) is 42.3. The number of hydrogen-bond acceptors (Lipinski definition) is 14. The van der Waals surface area contributed by atoms with Crippen LogP contribution in [-0.2, 0) is 14.2 Å². The Bertz CT molecular complexity index is 2790. The van der Waals surface area contributed by atoms with E-state index in [0.29, 0.717) is 43.3 Å². The number of hydrogen-bond donors (Lipinski definition) is 9. The Morgan fingerprint density at radius 1 is 0.918 bits per heavy atom. The number of benzene rings is 2. The predicted molar refractivity (Wildman–Crippen MR) is 265 cm³/mol. The summed E-state index contributed by atoms with van der Waals surface area (Å²) in [6.07, 6.45) is 15.1. The van der Waals surface area contributed by atoms with E-state index in [1.54, 1.807) is 0 Å². The van der Waals surface area contributed by atoms with Crippen molar-refractivity contribution < 1.29 is 64.3 Å². The molecule has 4 saturated heterocycles. The number of carbonyl (C=O) groups is 2. The number of rotatable bonds is 7. The van der Waals surface area contributed by atoms with Crippen molar-refractivity contribution in [1.29, 1.82) is 0 Å². The van der Waals surface area contributed by atoms with Crippen LogP contribution in [0.15, 0.2) is 34.9 Å². The van der Waals surface area contributed by atoms with E-state index >= 15 is 0 Å². The standard InChI is InChI=1S/C58H74N2O13/c1-29-41(30(2)62)45(65)43-34(44(29)64)19-31(50(68)69)20-39(43)71-51-46(66)48(67)58-22-36-42-33(38(73-58)10-9-37(63)49(58)72-51)7-8-35(42)56(15-6-18-61)28-70-24-32-21-53-26-55(23-40(53)59-60-57(36,27-53)47(32)56)14-5-13-54(55)17-16-52(25-54)11-3-4-12-52/h8,19-20,32,36-38,40,46-49,51,59-61,63-67H,3-7,9-18,21-28H2,1-2H3,(H,68,69)/t32-,36-,37+,38-,40+,46-,47+,48-,49-,51-,53-,54+,55-,56+,57-,58+/m1/s1. The lowest BCUT2D eigenvalue weighted by atomic mass is 9.38. The maximum atomic E-state index is 13.1. The number of phenols is 2. The quantitative estimate of drug-likeness (QED) is 0.101. The third-order valence-electron chi connectivity index (χ3n) is 23.1. The lowest BCUT2D eigenvalue weighted by Gasteiger charge is -2.72. The molecule has 10 fully saturated rings. The molecule has 0 radical (unpaired) electrons. The molecule has 5 heterocycles. The summed E-state index contributed by atoms with van der Waals surface area (Å²) in [7, 11) is 0. The van der Waals surface area contributed by atoms with Crippen molar-refractivity contribution >= 4 is 22.5 Å². The van der Waals surface area contributed by atoms with Gasteiger partial charge in [-0.2, -0.15) is 0 Å². The van der Waals surface area contributed by atoms with Crippen molar-refractivity contribution in [1.82, 2.24) is 10.9 Å². The minimum atomic E-state index is -1.81. The summed E-state index contributed by atoms with van der Waals surface area (Å²) in [5.41, 5.74) is 10.2. The molecular formula is C58H74N2O13. The summed E-state index contributed by atoms with van der Waals surface area (Å²) >= 11 is 0. The van der Waals surface area contributed by atoms with E-state index in [2.05, 4.69) is 16.9 Å². The van der Waals surface area contributed by atoms with Crippen molar-refractivity contribution in [3.8, 4) is 17.2 Å². The number of nitrogens with one attached hydrogen (secondary N) is 2. The molecule has 15 nitrogen and oxygen atoms in total. The van der Waals surface area contributed by atoms with Crippen LogP contribution < -0.4 is 15.6 Å². The fraction of sp³-hybridized carbons (Fsp3) is 0.724. The van der Waals surface area contributed by atoms with Gasteiger partial charge in [-0.3, -0.25) is 15.6 Å². The van der Waals surface area contributed by atoms with E-state index < -0.39 is 71.2 Å². The molecule has 7 aliphatic carbocycles. The number of Topliss-reactive ketones (excluding diaryl/α,β-unsaturated/α-hetero) is 1. The van der Waals surface area contributed by atoms with Crippen molar-refractivity contribution in [2.45, 2.75) is 196 Å². The maximum Gasteiger partial charge on any atom is 0.335 e. The van der Waals surface area contributed by atoms with Crippen molar-refractivity contribution in [2.75, 3.05) is 19.8 Å². The summed E-state index contributed by atoms with van der Waals surface area (Å²) in [4.78, 5) is 25.4. The molecule has 2 aromatic rings. The Labute approximate surface area is 426 Å². The first kappa shape index (κ1) is 47.8. The van der Waals surface area contributed by atoms with Crippen molar-refractivity contribution in [3.63, 3.8) is 0 Å². The molecule has 394 valence electrons. The van der Waals surface area contributed by atoms with E-state index in [-0.39, 0.29) is 92.7 Å². The van der Waals surface area contributed by atoms with E-state index in [1.165, 1.54) is 108 Å². The molecule has 0 aromatic heterocycles. The molecule has 6 saturated carbocycles. The van der Waals surface area contributed by atoms with Crippen LogP contribution in [0.5, 0.6) is 17.2 Å². The lowest BCUT2D eigenvalue weighted by Crippen LogP contribution is -2.81. The average Bonchev–Trinajstić information content (AvgIpc) is 4.22. The number of hydrazine groups is 1. The first-order valence-corrected chi connectivity index (χ1v) is 27.9. The zero-order chi connectivity index (χ0) is 50.4. The number of aromatic carboxylic acids is 1. The number of carboxylic acids is 1. The first-order valence-electron chi connectivity index (χ1n) is 27.9. The number of ketones is 1. The smallest absolute Gasteiger partial charge is 0.335 e. The number of aliphatic hydroxyl groups is 4. The largest absolute Gasteiger partial charge is 0.507 e. The highest BCUT2D eigenvalue weighted by Gasteiger charge is 2.78. The lowest BCUT2D eigenvalue weighted by molar-refractivity contribution is -0.337. The normalized spacial score (nSPS) is 45.5. The molecule has 73 heavy (non-hydrogen) atoms. The van der Waals surface area contributed by atoms with Crippen LogP contribution in [0.4, 0.5) is 0 Å². The number of fused-ring (bicyclic) bond motifs is 5. The summed E-state index contributed by atoms with van der Waals surface area (Å²) in [5.74, 6) is -3.10. The van der Waals surface area contributed by atoms with Gasteiger partial charge in [-0.15, -0.1) is 0 Å². The van der Waals surface area contributed by atoms with E-state index in [4.69, 9.17) is 18.9 Å². The van der Waals surface area contributed by atoms with Gasteiger partial charge in [0.1, 0.15) is 41.2 Å². The maximum absolute atomic E-state index is 13.1. The molecule has 14 rings (SSSR count). The number of aliphatic hydroxyl groups excluding tert-OH is 4. The van der Waals surface area contributed by atoms with Crippen LogP contribution in [0.3, 0.4) is 0 Å². The van der Waals surface area contributed by atoms with Gasteiger partial charge in [-0.1, -0.05) is 25.3 Å². The first-order chi connectivity index (χ1) is 35.0. The zero-order valence-corrected chi connectivity index (χ0v) is 42.3. The molecule has 6 spiro atoms. The van der Waals surface area contributed by atoms with Gasteiger partial charge in [0.05, 0.1) is 35.3 Å². The number of aromatic hydroxyl groups is 2. The third-order valence-corrected chi connectivity index (χ3v) is 23.1. The molecule has 15 heteroatoms. The van der Waals surface area contributed by atoms with E-state index in [1.807, 2.05) is 0 Å². The number of phenolic OH excluding ortho intramolecular Hbond substituents is 2. The van der Waals surface area contributed by atoms with Crippen LogP contribution in [0, 0.1) is 51.8 Å². The average molecular weight is 1010 g/mol. The molecule has 5 aliphatic heterocycles. The van der Waals surface area contributed by atoms with Crippen molar-refractivity contribution in [2.24, 2.45) is 44.8 Å². The molecule has 2 aromatic carbocycles. The minimum Gasteiger partial charge on any atom is -0.507 e. The summed E-state index contributed by atoms with van der Waals surface area (Å²) in [6.45, 7) is 3.97. The van der Waals surface area contributed by atoms with Crippen LogP contribution >= 0.6 is 0 Å². The van der Waals surface area contributed by atoms with Crippen LogP contribution in [-0.4, -0.2) is 121 Å². The SMILES string of the molecule is CC(=O)c1c(C)c(O)c2cc(C(=O)O)cc(O[C@@H]3O[C@@H]4[C@@H](O)CC[C@H]5O[C@@]4(C[C@@H]4C6=C5CC=C6[C@]5(CCCO)COC[C@H]6C[C@@]78C[C@]4(NN[C@H]7C[C@]4(CCC[C@@]47CCC4(CCCC4)C7)C8)[C@@H]65)[C@H](O)[C@H]3O)c2c1O. The monoisotopic (exact) mass is 1010 g/mol. The number of allylic oxidation sites excluding steroid dienone is 1. The molecule has 0 amide bonds. The topological polar surface area (TPSA) is 237 Å². The van der Waals surface area contributed by atoms with Crippen molar-refractivity contribution in [3.05, 3.63) is 51.6 Å². The fourth-order valence-corrected chi connectivity index (χ4v) is 20.8. The minimum absolute atomic E-state index is 0.0248. The third kappa shape index (κ3) is 6.14. The molecule has 0 unspecified atom stereocenters. The van der Waals surface area contributed by atoms with Gasteiger partial charge in [0.25, 0.3) is 0 Å². The highest BCUT2D eigenvalue weighted by molar-refractivity contribution is 6.11. The van der Waals surface area contributed by atoms with Gasteiger partial charge in [0.15, 0.2) is 5.78 Å². The Morgan fingerprint density at radius 3 is 2.51 bits per heavy atom. The Kier molecular flexibility index (Phi) is 10.5. The number of carbonyl (C=O) groups excluding carboxylic acids is 1. The van der Waals surface area contributed by atoms with Gasteiger partial charge in [-0.05, 0) is 185 Å². The number of carboxylic acid groups (broad SMARTS) is 1. The Hall–Kier alpha value is -3.64. The van der Waals surface area contributed by atoms with Crippen LogP contribution in [0.2, 0.25) is 0 Å². The van der Waals surface area contributed by atoms with E-state index in [9.17, 15) is 45.3 Å². The van der Waals surface area contributed by atoms with Gasteiger partial charge < -0.3 is 54.7 Å². The second-order valence-electron chi connectivity index (χ2n) is 26.2. The molecule has 4 bridgehead atoms. The highest BCUT2D eigenvalue weighted by atomic mass is 16.7. The van der Waals surface area contributed by atoms with Gasteiger partial charge in [0, 0.05) is 47.1 Å². The van der Waals surface area contributed by atoms with Gasteiger partial charge in [-0.25, -0.2) is 4.79 Å². The predicted octanol–water partition coefficient (Wildman–Crippen LogP) is 6.94. The Morgan fingerprint density at radius 2 is 1.73 bits per heavy atom. The Balaban J connectivity index is 0.879. The van der Waals surface area contributed by atoms with Crippen LogP contribution in [0.1, 0.15) is 162 Å².